The van der Waals surface area contributed by atoms with Gasteiger partial charge in [0.2, 0.25) is 0 Å². The van der Waals surface area contributed by atoms with E-state index in [9.17, 15) is 13.2 Å². The molecule has 0 aliphatic rings. The summed E-state index contributed by atoms with van der Waals surface area (Å²) in [5.41, 5.74) is 0.901. The molecule has 27 heavy (non-hydrogen) atoms. The van der Waals surface area contributed by atoms with Crippen LogP contribution in [0.15, 0.2) is 46.8 Å². The molecule has 0 saturated carbocycles. The molecule has 4 rings (SSSR count). The fourth-order valence-electron chi connectivity index (χ4n) is 2.54. The number of hydrogen-bond acceptors (Lipinski definition) is 6. The van der Waals surface area contributed by atoms with Crippen LogP contribution in [-0.4, -0.2) is 34.3 Å². The van der Waals surface area contributed by atoms with Gasteiger partial charge in [0.15, 0.2) is 16.7 Å². The molecule has 0 radical (unpaired) electrons. The molecule has 0 atom stereocenters. The minimum absolute atomic E-state index is 0.131. The van der Waals surface area contributed by atoms with Crippen molar-refractivity contribution >= 4 is 17.5 Å². The summed E-state index contributed by atoms with van der Waals surface area (Å²) in [5.74, 6) is 0.481. The molecule has 0 aliphatic carbocycles. The number of halogens is 3. The van der Waals surface area contributed by atoms with Gasteiger partial charge < -0.3 is 4.57 Å². The van der Waals surface area contributed by atoms with Crippen LogP contribution in [0.2, 0.25) is 0 Å². The topological polar surface area (TPSA) is 73.8 Å². The summed E-state index contributed by atoms with van der Waals surface area (Å²) in [6, 6.07) is 8.65. The number of fused-ring (bicyclic) bond motifs is 1. The summed E-state index contributed by atoms with van der Waals surface area (Å²) in [6.45, 7) is 1.96. The lowest BCUT2D eigenvalue weighted by Gasteiger charge is -2.09. The van der Waals surface area contributed by atoms with Gasteiger partial charge in [0.25, 0.3) is 5.78 Å². The Kier molecular flexibility index (Phi) is 4.10. The Morgan fingerprint density at radius 3 is 2.67 bits per heavy atom. The summed E-state index contributed by atoms with van der Waals surface area (Å²) < 4.78 is 42.3. The first-order valence-corrected chi connectivity index (χ1v) is 8.57. The van der Waals surface area contributed by atoms with Crippen LogP contribution < -0.4 is 0 Å². The highest BCUT2D eigenvalue weighted by Gasteiger charge is 2.34. The Balaban J connectivity index is 1.76. The molecule has 0 aliphatic heterocycles. The normalized spacial score (nSPS) is 12.0. The molecule has 7 nitrogen and oxygen atoms in total. The van der Waals surface area contributed by atoms with Crippen molar-refractivity contribution in [3.63, 3.8) is 0 Å². The van der Waals surface area contributed by atoms with Gasteiger partial charge in [-0.1, -0.05) is 23.8 Å². The highest BCUT2D eigenvalue weighted by molar-refractivity contribution is 7.99. The van der Waals surface area contributed by atoms with Crippen molar-refractivity contribution < 1.29 is 13.2 Å². The van der Waals surface area contributed by atoms with Crippen LogP contribution in [0.4, 0.5) is 13.2 Å². The number of nitrogens with zero attached hydrogens (tertiary/aromatic N) is 7. The van der Waals surface area contributed by atoms with Gasteiger partial charge in [0.05, 0.1) is 0 Å². The molecule has 0 amide bonds. The highest BCUT2D eigenvalue weighted by atomic mass is 32.2. The number of aryl methyl sites for hydroxylation is 1. The first-order valence-electron chi connectivity index (χ1n) is 7.75. The monoisotopic (exact) mass is 391 g/mol. The maximum atomic E-state index is 13.1. The third kappa shape index (κ3) is 3.25. The highest BCUT2D eigenvalue weighted by Crippen LogP contribution is 2.33. The van der Waals surface area contributed by atoms with E-state index in [4.69, 9.17) is 0 Å². The van der Waals surface area contributed by atoms with Crippen molar-refractivity contribution in [3.8, 4) is 11.4 Å². The molecule has 11 heteroatoms. The molecule has 0 N–H and O–H groups in total. The van der Waals surface area contributed by atoms with E-state index in [0.29, 0.717) is 11.0 Å². The summed E-state index contributed by atoms with van der Waals surface area (Å²) in [6.07, 6.45) is -3.43. The fraction of sp³-hybridized carbons (Fsp3) is 0.188. The molecular weight excluding hydrogens is 379 g/mol. The van der Waals surface area contributed by atoms with E-state index >= 15 is 0 Å². The second kappa shape index (κ2) is 6.34. The third-order valence-electron chi connectivity index (χ3n) is 3.82. The van der Waals surface area contributed by atoms with Crippen molar-refractivity contribution in [2.45, 2.75) is 23.3 Å². The second-order valence-corrected chi connectivity index (χ2v) is 6.77. The van der Waals surface area contributed by atoms with Crippen LogP contribution in [-0.2, 0) is 13.2 Å². The van der Waals surface area contributed by atoms with Crippen LogP contribution >= 0.6 is 11.8 Å². The van der Waals surface area contributed by atoms with Gasteiger partial charge >= 0.3 is 6.18 Å². The Bertz CT molecular complexity index is 1130. The van der Waals surface area contributed by atoms with Crippen molar-refractivity contribution in [2.24, 2.45) is 7.05 Å². The zero-order valence-corrected chi connectivity index (χ0v) is 15.0. The maximum Gasteiger partial charge on any atom is 0.433 e. The van der Waals surface area contributed by atoms with Crippen LogP contribution in [0.1, 0.15) is 11.3 Å². The molecule has 0 fully saturated rings. The minimum Gasteiger partial charge on any atom is -0.305 e. The predicted octanol–water partition coefficient (Wildman–Crippen LogP) is 3.40. The van der Waals surface area contributed by atoms with E-state index in [-0.39, 0.29) is 10.8 Å². The maximum absolute atomic E-state index is 13.1. The number of alkyl halides is 3. The SMILES string of the molecule is Cc1cccc(-c2nnc(Sc3cc(C(F)(F)F)nc4ncnn34)n2C)c1. The second-order valence-electron chi connectivity index (χ2n) is 5.79. The lowest BCUT2D eigenvalue weighted by atomic mass is 10.1. The fourth-order valence-corrected chi connectivity index (χ4v) is 3.41. The molecule has 3 heterocycles. The lowest BCUT2D eigenvalue weighted by molar-refractivity contribution is -0.141. The molecule has 138 valence electrons. The molecule has 1 aromatic carbocycles. The Labute approximate surface area is 155 Å². The summed E-state index contributed by atoms with van der Waals surface area (Å²) in [5, 5.41) is 12.8. The number of benzene rings is 1. The van der Waals surface area contributed by atoms with Crippen LogP contribution in [0, 0.1) is 6.92 Å². The largest absolute Gasteiger partial charge is 0.433 e. The molecule has 0 spiro atoms. The van der Waals surface area contributed by atoms with Crippen molar-refractivity contribution in [1.29, 1.82) is 0 Å². The average Bonchev–Trinajstić information content (AvgIpc) is 3.21. The number of hydrogen-bond donors (Lipinski definition) is 0. The zero-order chi connectivity index (χ0) is 19.2. The quantitative estimate of drug-likeness (QED) is 0.499. The van der Waals surface area contributed by atoms with Crippen LogP contribution in [0.5, 0.6) is 0 Å². The first kappa shape index (κ1) is 17.5. The van der Waals surface area contributed by atoms with Crippen LogP contribution in [0.25, 0.3) is 17.2 Å². The van der Waals surface area contributed by atoms with Gasteiger partial charge in [-0.3, -0.25) is 0 Å². The van der Waals surface area contributed by atoms with Crippen molar-refractivity contribution in [1.82, 2.24) is 34.3 Å². The van der Waals surface area contributed by atoms with Gasteiger partial charge in [-0.2, -0.15) is 27.8 Å². The Morgan fingerprint density at radius 1 is 1.11 bits per heavy atom. The van der Waals surface area contributed by atoms with Gasteiger partial charge in [-0.05, 0) is 24.8 Å². The molecule has 0 unspecified atom stereocenters. The minimum atomic E-state index is -4.59. The van der Waals surface area contributed by atoms with E-state index in [1.54, 1.807) is 11.6 Å². The summed E-state index contributed by atoms with van der Waals surface area (Å²) in [7, 11) is 1.75. The smallest absolute Gasteiger partial charge is 0.305 e. The lowest BCUT2D eigenvalue weighted by Crippen LogP contribution is -2.11. The van der Waals surface area contributed by atoms with Crippen molar-refractivity contribution in [2.75, 3.05) is 0 Å². The van der Waals surface area contributed by atoms with Crippen LogP contribution in [0.3, 0.4) is 0 Å². The molecule has 3 aromatic heterocycles. The van der Waals surface area contributed by atoms with E-state index < -0.39 is 11.9 Å². The van der Waals surface area contributed by atoms with Gasteiger partial charge in [0, 0.05) is 18.7 Å². The van der Waals surface area contributed by atoms with E-state index in [1.165, 1.54) is 4.52 Å². The standard InChI is InChI=1S/C16H12F3N7S/c1-9-4-3-5-10(6-9)13-23-24-15(25(13)2)27-12-7-11(16(17,18)19)22-14-20-8-21-26(12)14/h3-8H,1-2H3. The van der Waals surface area contributed by atoms with E-state index in [1.807, 2.05) is 31.2 Å². The van der Waals surface area contributed by atoms with E-state index in [0.717, 1.165) is 35.3 Å². The third-order valence-corrected chi connectivity index (χ3v) is 4.85. The van der Waals surface area contributed by atoms with Gasteiger partial charge in [-0.25, -0.2) is 4.98 Å². The van der Waals surface area contributed by atoms with Crippen molar-refractivity contribution in [3.05, 3.63) is 47.9 Å². The summed E-state index contributed by atoms with van der Waals surface area (Å²) in [4.78, 5) is 7.27. The Hall–Kier alpha value is -2.95. The number of aromatic nitrogens is 7. The summed E-state index contributed by atoms with van der Waals surface area (Å²) >= 11 is 1.01. The average molecular weight is 391 g/mol. The molecule has 0 saturated heterocycles. The molecule has 4 aromatic rings. The molecular formula is C16H12F3N7S. The van der Waals surface area contributed by atoms with E-state index in [2.05, 4.69) is 25.3 Å². The zero-order valence-electron chi connectivity index (χ0n) is 14.1. The van der Waals surface area contributed by atoms with Gasteiger partial charge in [0.1, 0.15) is 11.4 Å². The predicted molar refractivity (Wildman–Crippen MR) is 91.1 cm³/mol. The van der Waals surface area contributed by atoms with Gasteiger partial charge in [-0.15, -0.1) is 10.2 Å². The first-order chi connectivity index (χ1) is 12.8. The molecule has 0 bridgehead atoms. The Morgan fingerprint density at radius 2 is 1.93 bits per heavy atom. The number of rotatable bonds is 3.